The van der Waals surface area contributed by atoms with E-state index < -0.39 is 0 Å². The quantitative estimate of drug-likeness (QED) is 0.133. The van der Waals surface area contributed by atoms with Crippen LogP contribution in [0, 0.1) is 18.8 Å². The Labute approximate surface area is 331 Å². The highest BCUT2D eigenvalue weighted by atomic mass is 14.8. The van der Waals surface area contributed by atoms with Gasteiger partial charge < -0.3 is 19.9 Å². The van der Waals surface area contributed by atoms with Crippen LogP contribution in [0.3, 0.4) is 0 Å². The molecule has 8 bridgehead atoms. The number of aryl methyl sites for hydroxylation is 1. The maximum Gasteiger partial charge on any atom is 0.0645 e. The molecule has 4 heteroatoms. The van der Waals surface area contributed by atoms with Gasteiger partial charge in [0.25, 0.3) is 0 Å². The van der Waals surface area contributed by atoms with Crippen LogP contribution in [0.25, 0.3) is 22.3 Å². The molecule has 0 saturated heterocycles. The van der Waals surface area contributed by atoms with Crippen molar-refractivity contribution in [2.24, 2.45) is 0 Å². The Bertz CT molecular complexity index is 3200. The fourth-order valence-corrected chi connectivity index (χ4v) is 7.94. The summed E-state index contributed by atoms with van der Waals surface area (Å²) in [5.41, 5.74) is 15.7. The predicted molar refractivity (Wildman–Crippen MR) is 231 cm³/mol. The minimum absolute atomic E-state index is 0.905. The molecule has 4 aromatic heterocycles. The van der Waals surface area contributed by atoms with Crippen LogP contribution in [0.4, 0.5) is 0 Å². The number of benzene rings is 5. The highest BCUT2D eigenvalue weighted by Crippen LogP contribution is 2.30. The van der Waals surface area contributed by atoms with Crippen molar-refractivity contribution >= 4 is 22.3 Å². The maximum atomic E-state index is 3.95. The van der Waals surface area contributed by atoms with Gasteiger partial charge in [0, 0.05) is 66.3 Å². The van der Waals surface area contributed by atoms with E-state index >= 15 is 0 Å². The third kappa shape index (κ3) is 6.48. The SMILES string of the molecule is Cc1ccc(C#Cc2cc3[nH]c2C(c2ccccc2)=c2ccc([nH]2)=C(c2ccccc2)c2ccc([nH]2)C(c2ccccc2)=c2ccc([nH]2)=C3c2ccccc2)cc1. The third-order valence-electron chi connectivity index (χ3n) is 10.7. The first kappa shape index (κ1) is 33.8. The molecule has 4 nitrogen and oxygen atoms in total. The molecule has 57 heavy (non-hydrogen) atoms. The van der Waals surface area contributed by atoms with Crippen molar-refractivity contribution in [1.29, 1.82) is 0 Å². The molecule has 0 aliphatic carbocycles. The molecular formula is C53H38N4. The summed E-state index contributed by atoms with van der Waals surface area (Å²) in [6, 6.07) is 66.2. The predicted octanol–water partition coefficient (Wildman–Crippen LogP) is 8.01. The van der Waals surface area contributed by atoms with Gasteiger partial charge in [-0.25, -0.2) is 0 Å². The van der Waals surface area contributed by atoms with Crippen LogP contribution in [0.2, 0.25) is 0 Å². The van der Waals surface area contributed by atoms with Crippen LogP contribution >= 0.6 is 0 Å². The Hall–Kier alpha value is -7.74. The Morgan fingerprint density at radius 1 is 0.333 bits per heavy atom. The number of hydrogen-bond donors (Lipinski definition) is 4. The highest BCUT2D eigenvalue weighted by molar-refractivity contribution is 5.86. The van der Waals surface area contributed by atoms with Crippen LogP contribution in [0.5, 0.6) is 0 Å². The number of H-pyrrole nitrogens is 4. The lowest BCUT2D eigenvalue weighted by Gasteiger charge is -2.10. The Morgan fingerprint density at radius 3 is 1.19 bits per heavy atom. The van der Waals surface area contributed by atoms with Crippen molar-refractivity contribution in [2.45, 2.75) is 6.92 Å². The first-order chi connectivity index (χ1) is 28.2. The van der Waals surface area contributed by atoms with Gasteiger partial charge in [0.2, 0.25) is 0 Å². The number of fused-ring (bicyclic) bond motifs is 8. The van der Waals surface area contributed by atoms with E-state index in [1.165, 1.54) is 5.56 Å². The second kappa shape index (κ2) is 14.5. The number of aromatic amines is 4. The van der Waals surface area contributed by atoms with E-state index in [9.17, 15) is 0 Å². The van der Waals surface area contributed by atoms with E-state index in [-0.39, 0.29) is 0 Å². The molecule has 0 saturated carbocycles. The average Bonchev–Trinajstić information content (AvgIpc) is 4.10. The van der Waals surface area contributed by atoms with E-state index in [1.54, 1.807) is 0 Å². The molecule has 0 amide bonds. The fourth-order valence-electron chi connectivity index (χ4n) is 7.94. The molecule has 0 radical (unpaired) electrons. The van der Waals surface area contributed by atoms with Gasteiger partial charge in [-0.15, -0.1) is 0 Å². The second-order valence-electron chi connectivity index (χ2n) is 14.4. The first-order valence-corrected chi connectivity index (χ1v) is 19.3. The van der Waals surface area contributed by atoms with E-state index in [4.69, 9.17) is 0 Å². The highest BCUT2D eigenvalue weighted by Gasteiger charge is 2.20. The van der Waals surface area contributed by atoms with Crippen molar-refractivity contribution < 1.29 is 0 Å². The topological polar surface area (TPSA) is 63.2 Å². The molecule has 1 aliphatic rings. The lowest BCUT2D eigenvalue weighted by Crippen LogP contribution is -2.19. The minimum Gasteiger partial charge on any atom is -0.354 e. The molecule has 0 spiro atoms. The molecule has 0 fully saturated rings. The molecule has 9 aromatic rings. The molecule has 0 unspecified atom stereocenters. The van der Waals surface area contributed by atoms with Crippen LogP contribution in [-0.2, 0) is 0 Å². The number of aromatic nitrogens is 4. The summed E-state index contributed by atoms with van der Waals surface area (Å²) in [5, 5.41) is 3.99. The average molecular weight is 731 g/mol. The van der Waals surface area contributed by atoms with Gasteiger partial charge in [-0.05, 0) is 83.8 Å². The van der Waals surface area contributed by atoms with Crippen molar-refractivity contribution in [1.82, 2.24) is 19.9 Å². The van der Waals surface area contributed by atoms with Crippen molar-refractivity contribution in [3.8, 4) is 11.8 Å². The number of hydrogen-bond acceptors (Lipinski definition) is 0. The first-order valence-electron chi connectivity index (χ1n) is 19.3. The fraction of sp³-hybridized carbons (Fsp3) is 0.0189. The second-order valence-corrected chi connectivity index (χ2v) is 14.4. The summed E-state index contributed by atoms with van der Waals surface area (Å²) in [4.78, 5) is 15.6. The van der Waals surface area contributed by atoms with Gasteiger partial charge >= 0.3 is 0 Å². The van der Waals surface area contributed by atoms with Crippen LogP contribution in [0.1, 0.15) is 61.7 Å². The Morgan fingerprint density at radius 2 is 0.737 bits per heavy atom. The van der Waals surface area contributed by atoms with E-state index in [0.717, 1.165) is 99.8 Å². The number of nitrogens with one attached hydrogen (secondary N) is 4. The summed E-state index contributed by atoms with van der Waals surface area (Å²) < 4.78 is 0. The van der Waals surface area contributed by atoms with Crippen LogP contribution in [-0.4, -0.2) is 19.9 Å². The Kier molecular flexibility index (Phi) is 8.59. The lowest BCUT2D eigenvalue weighted by molar-refractivity contribution is 1.19. The molecular weight excluding hydrogens is 693 g/mol. The largest absolute Gasteiger partial charge is 0.354 e. The lowest BCUT2D eigenvalue weighted by atomic mass is 9.99. The number of rotatable bonds is 4. The van der Waals surface area contributed by atoms with Crippen molar-refractivity contribution in [2.75, 3.05) is 0 Å². The molecule has 0 atom stereocenters. The van der Waals surface area contributed by atoms with E-state index in [1.807, 2.05) is 0 Å². The summed E-state index contributed by atoms with van der Waals surface area (Å²) in [6.45, 7) is 2.10. The zero-order chi connectivity index (χ0) is 38.1. The monoisotopic (exact) mass is 730 g/mol. The van der Waals surface area contributed by atoms with Crippen molar-refractivity contribution in [3.05, 3.63) is 271 Å². The molecule has 5 heterocycles. The zero-order valence-electron chi connectivity index (χ0n) is 31.4. The summed E-state index contributed by atoms with van der Waals surface area (Å²) in [6.07, 6.45) is 0. The zero-order valence-corrected chi connectivity index (χ0v) is 31.4. The smallest absolute Gasteiger partial charge is 0.0645 e. The summed E-state index contributed by atoms with van der Waals surface area (Å²) in [5.74, 6) is 7.11. The maximum absolute atomic E-state index is 3.95. The standard InChI is InChI=1S/C53H38N4/c1-35-22-24-36(25-23-35)26-27-41-34-48-51(39-18-10-4-11-19-39)46-31-30-44(55-46)49(37-14-6-2-7-15-37)42-28-29-43(54-42)50(38-16-8-3-9-17-38)45-32-33-47(56-45)52(53(41)57-48)40-20-12-5-13-21-40/h2-25,28-34,54-57H,1H3. The molecule has 5 aromatic carbocycles. The molecule has 4 N–H and O–H groups in total. The van der Waals surface area contributed by atoms with Crippen LogP contribution < -0.4 is 21.4 Å². The normalized spacial score (nSPS) is 12.4. The Balaban J connectivity index is 1.38. The van der Waals surface area contributed by atoms with Crippen LogP contribution in [0.15, 0.2) is 188 Å². The molecule has 10 rings (SSSR count). The van der Waals surface area contributed by atoms with Gasteiger partial charge in [0.05, 0.1) is 11.3 Å². The molecule has 270 valence electrons. The summed E-state index contributed by atoms with van der Waals surface area (Å²) in [7, 11) is 0. The van der Waals surface area contributed by atoms with Crippen molar-refractivity contribution in [3.63, 3.8) is 0 Å². The van der Waals surface area contributed by atoms with Gasteiger partial charge in [-0.2, -0.15) is 0 Å². The van der Waals surface area contributed by atoms with E-state index in [2.05, 4.69) is 227 Å². The van der Waals surface area contributed by atoms with Gasteiger partial charge in [-0.3, -0.25) is 0 Å². The third-order valence-corrected chi connectivity index (χ3v) is 10.7. The summed E-state index contributed by atoms with van der Waals surface area (Å²) >= 11 is 0. The van der Waals surface area contributed by atoms with Gasteiger partial charge in [-0.1, -0.05) is 151 Å². The minimum atomic E-state index is 0.905. The van der Waals surface area contributed by atoms with Gasteiger partial charge in [0.15, 0.2) is 0 Å². The molecule has 1 aliphatic heterocycles. The van der Waals surface area contributed by atoms with E-state index in [0.29, 0.717) is 0 Å². The van der Waals surface area contributed by atoms with Gasteiger partial charge in [0.1, 0.15) is 0 Å².